The summed E-state index contributed by atoms with van der Waals surface area (Å²) in [5, 5.41) is 10.6. The van der Waals surface area contributed by atoms with Crippen LogP contribution in [0.1, 0.15) is 29.7 Å². The van der Waals surface area contributed by atoms with Gasteiger partial charge in [0.25, 0.3) is 5.69 Å². The highest BCUT2D eigenvalue weighted by Gasteiger charge is 2.13. The predicted octanol–water partition coefficient (Wildman–Crippen LogP) is 2.23. The molecule has 1 atom stereocenters. The van der Waals surface area contributed by atoms with Gasteiger partial charge in [-0.05, 0) is 37.5 Å². The van der Waals surface area contributed by atoms with Crippen molar-refractivity contribution in [1.29, 1.82) is 0 Å². The fourth-order valence-electron chi connectivity index (χ4n) is 1.45. The second-order valence-electron chi connectivity index (χ2n) is 3.52. The third kappa shape index (κ3) is 1.90. The number of nitrogens with two attached hydrogens (primary N) is 1. The molecule has 0 saturated carbocycles. The van der Waals surface area contributed by atoms with Gasteiger partial charge in [0.2, 0.25) is 0 Å². The minimum Gasteiger partial charge on any atom is -0.324 e. The van der Waals surface area contributed by atoms with E-state index in [4.69, 9.17) is 5.73 Å². The largest absolute Gasteiger partial charge is 0.324 e. The predicted molar refractivity (Wildman–Crippen MR) is 55.2 cm³/mol. The third-order valence-corrected chi connectivity index (χ3v) is 2.39. The molecule has 0 radical (unpaired) electrons. The van der Waals surface area contributed by atoms with E-state index >= 15 is 0 Å². The Morgan fingerprint density at radius 1 is 1.43 bits per heavy atom. The van der Waals surface area contributed by atoms with E-state index in [0.717, 1.165) is 16.7 Å². The van der Waals surface area contributed by atoms with Crippen LogP contribution in [0.25, 0.3) is 0 Å². The molecule has 0 aliphatic heterocycles. The zero-order valence-corrected chi connectivity index (χ0v) is 8.57. The Hall–Kier alpha value is -1.42. The van der Waals surface area contributed by atoms with Crippen molar-refractivity contribution in [2.75, 3.05) is 0 Å². The van der Waals surface area contributed by atoms with Crippen molar-refractivity contribution < 1.29 is 4.92 Å². The highest BCUT2D eigenvalue weighted by atomic mass is 16.6. The Kier molecular flexibility index (Phi) is 2.86. The minimum atomic E-state index is -0.391. The normalized spacial score (nSPS) is 12.6. The molecule has 0 bridgehead atoms. The van der Waals surface area contributed by atoms with E-state index in [-0.39, 0.29) is 11.7 Å². The Bertz CT molecular complexity index is 373. The monoisotopic (exact) mass is 194 g/mol. The van der Waals surface area contributed by atoms with Gasteiger partial charge >= 0.3 is 0 Å². The first-order chi connectivity index (χ1) is 6.43. The van der Waals surface area contributed by atoms with Crippen molar-refractivity contribution in [3.63, 3.8) is 0 Å². The van der Waals surface area contributed by atoms with Crippen LogP contribution in [0.3, 0.4) is 0 Å². The maximum atomic E-state index is 10.6. The van der Waals surface area contributed by atoms with Crippen LogP contribution in [0.5, 0.6) is 0 Å². The number of hydrogen-bond acceptors (Lipinski definition) is 3. The van der Waals surface area contributed by atoms with Crippen molar-refractivity contribution in [2.24, 2.45) is 5.73 Å². The molecule has 0 fully saturated rings. The number of nitrogens with zero attached hydrogens (tertiary/aromatic N) is 1. The van der Waals surface area contributed by atoms with Gasteiger partial charge in [-0.2, -0.15) is 0 Å². The third-order valence-electron chi connectivity index (χ3n) is 2.39. The number of rotatable bonds is 2. The van der Waals surface area contributed by atoms with Crippen LogP contribution in [-0.2, 0) is 0 Å². The molecule has 0 heterocycles. The second kappa shape index (κ2) is 3.75. The summed E-state index contributed by atoms with van der Waals surface area (Å²) in [6.45, 7) is 5.61. The summed E-state index contributed by atoms with van der Waals surface area (Å²) in [6, 6.07) is 2.95. The summed E-state index contributed by atoms with van der Waals surface area (Å²) < 4.78 is 0. The topological polar surface area (TPSA) is 69.2 Å². The quantitative estimate of drug-likeness (QED) is 0.579. The molecule has 0 aliphatic rings. The van der Waals surface area contributed by atoms with Crippen LogP contribution in [-0.4, -0.2) is 4.92 Å². The van der Waals surface area contributed by atoms with E-state index in [2.05, 4.69) is 0 Å². The van der Waals surface area contributed by atoms with E-state index in [0.29, 0.717) is 0 Å². The number of nitro benzene ring substituents is 1. The fourth-order valence-corrected chi connectivity index (χ4v) is 1.45. The first-order valence-corrected chi connectivity index (χ1v) is 4.44. The van der Waals surface area contributed by atoms with Crippen LogP contribution >= 0.6 is 0 Å². The molecule has 0 amide bonds. The first-order valence-electron chi connectivity index (χ1n) is 4.44. The number of aryl methyl sites for hydroxylation is 1. The maximum absolute atomic E-state index is 10.6. The van der Waals surface area contributed by atoms with Crippen LogP contribution < -0.4 is 5.73 Å². The molecule has 1 unspecified atom stereocenters. The zero-order valence-electron chi connectivity index (χ0n) is 8.57. The lowest BCUT2D eigenvalue weighted by Crippen LogP contribution is -2.08. The molecule has 1 aromatic carbocycles. The average molecular weight is 194 g/mol. The first kappa shape index (κ1) is 10.7. The maximum Gasteiger partial charge on any atom is 0.270 e. The van der Waals surface area contributed by atoms with Crippen LogP contribution in [0.2, 0.25) is 0 Å². The summed E-state index contributed by atoms with van der Waals surface area (Å²) in [4.78, 5) is 10.2. The van der Waals surface area contributed by atoms with E-state index in [1.165, 1.54) is 0 Å². The van der Waals surface area contributed by atoms with E-state index in [1.807, 2.05) is 20.8 Å². The molecule has 14 heavy (non-hydrogen) atoms. The minimum absolute atomic E-state index is 0.111. The molecule has 0 saturated heterocycles. The van der Waals surface area contributed by atoms with Crippen LogP contribution in [0, 0.1) is 24.0 Å². The van der Waals surface area contributed by atoms with Crippen molar-refractivity contribution >= 4 is 5.69 Å². The van der Waals surface area contributed by atoms with Gasteiger partial charge < -0.3 is 5.73 Å². The standard InChI is InChI=1S/C10H14N2O2/c1-6-4-9(12(13)14)5-10(7(6)2)8(3)11/h4-5,8H,11H2,1-3H3. The molecule has 76 valence electrons. The lowest BCUT2D eigenvalue weighted by Gasteiger charge is -2.11. The van der Waals surface area contributed by atoms with Crippen molar-refractivity contribution in [2.45, 2.75) is 26.8 Å². The molecule has 1 rings (SSSR count). The van der Waals surface area contributed by atoms with Crippen LogP contribution in [0.4, 0.5) is 5.69 Å². The lowest BCUT2D eigenvalue weighted by molar-refractivity contribution is -0.385. The number of nitro groups is 1. The van der Waals surface area contributed by atoms with Gasteiger partial charge in [-0.25, -0.2) is 0 Å². The van der Waals surface area contributed by atoms with Crippen molar-refractivity contribution in [3.8, 4) is 0 Å². The fraction of sp³-hybridized carbons (Fsp3) is 0.400. The van der Waals surface area contributed by atoms with Gasteiger partial charge in [0.1, 0.15) is 0 Å². The molecule has 0 aromatic heterocycles. The van der Waals surface area contributed by atoms with Crippen molar-refractivity contribution in [3.05, 3.63) is 38.9 Å². The van der Waals surface area contributed by atoms with Gasteiger partial charge in [0, 0.05) is 18.2 Å². The summed E-state index contributed by atoms with van der Waals surface area (Å²) in [5.41, 5.74) is 8.63. The molecular weight excluding hydrogens is 180 g/mol. The Balaban J connectivity index is 3.35. The van der Waals surface area contributed by atoms with Crippen molar-refractivity contribution in [1.82, 2.24) is 0 Å². The Morgan fingerprint density at radius 3 is 2.43 bits per heavy atom. The molecule has 4 heteroatoms. The zero-order chi connectivity index (χ0) is 10.9. The molecular formula is C10H14N2O2. The SMILES string of the molecule is Cc1cc([N+](=O)[O-])cc(C(C)N)c1C. The molecule has 4 nitrogen and oxygen atoms in total. The Labute approximate surface area is 82.9 Å². The smallest absolute Gasteiger partial charge is 0.270 e. The van der Waals surface area contributed by atoms with Gasteiger partial charge in [0.05, 0.1) is 4.92 Å². The highest BCUT2D eigenvalue weighted by Crippen LogP contribution is 2.24. The van der Waals surface area contributed by atoms with Crippen LogP contribution in [0.15, 0.2) is 12.1 Å². The van der Waals surface area contributed by atoms with Gasteiger partial charge in [0.15, 0.2) is 0 Å². The molecule has 2 N–H and O–H groups in total. The second-order valence-corrected chi connectivity index (χ2v) is 3.52. The highest BCUT2D eigenvalue weighted by molar-refractivity contribution is 5.45. The number of non-ortho nitro benzene ring substituents is 1. The van der Waals surface area contributed by atoms with E-state index < -0.39 is 4.92 Å². The molecule has 0 aliphatic carbocycles. The summed E-state index contributed by atoms with van der Waals surface area (Å²) in [5.74, 6) is 0. The number of benzene rings is 1. The van der Waals surface area contributed by atoms with Gasteiger partial charge in [-0.1, -0.05) is 0 Å². The summed E-state index contributed by atoms with van der Waals surface area (Å²) >= 11 is 0. The Morgan fingerprint density at radius 2 is 2.00 bits per heavy atom. The number of hydrogen-bond donors (Lipinski definition) is 1. The van der Waals surface area contributed by atoms with E-state index in [1.54, 1.807) is 12.1 Å². The van der Waals surface area contributed by atoms with Gasteiger partial charge in [-0.3, -0.25) is 10.1 Å². The van der Waals surface area contributed by atoms with Gasteiger partial charge in [-0.15, -0.1) is 0 Å². The molecule has 0 spiro atoms. The van der Waals surface area contributed by atoms with E-state index in [9.17, 15) is 10.1 Å². The summed E-state index contributed by atoms with van der Waals surface area (Å²) in [6.07, 6.45) is 0. The molecule has 1 aromatic rings. The summed E-state index contributed by atoms with van der Waals surface area (Å²) in [7, 11) is 0. The lowest BCUT2D eigenvalue weighted by atomic mass is 9.98. The average Bonchev–Trinajstić information content (AvgIpc) is 2.08.